The number of benzene rings is 2. The van der Waals surface area contributed by atoms with Gasteiger partial charge in [-0.1, -0.05) is 11.2 Å². The van der Waals surface area contributed by atoms with Gasteiger partial charge in [-0.15, -0.1) is 0 Å². The highest BCUT2D eigenvalue weighted by Crippen LogP contribution is 2.53. The van der Waals surface area contributed by atoms with Gasteiger partial charge >= 0.3 is 5.97 Å². The summed E-state index contributed by atoms with van der Waals surface area (Å²) in [4.78, 5) is 66.5. The number of ketones is 2. The largest absolute Gasteiger partial charge is 0.508 e. The molecule has 3 aliphatic carbocycles. The number of Topliss-reactive ketones (excluding diaryl/α,β-unsaturated/α-hetero) is 2. The maximum atomic E-state index is 14.1. The number of nitrogens with one attached hydrogen (secondary N) is 1. The van der Waals surface area contributed by atoms with Crippen molar-refractivity contribution >= 4 is 40.8 Å². The number of anilines is 1. The van der Waals surface area contributed by atoms with Crippen LogP contribution >= 0.6 is 0 Å². The first kappa shape index (κ1) is 32.2. The average Bonchev–Trinajstić information content (AvgIpc) is 3.57. The molecule has 0 saturated heterocycles. The zero-order valence-electron chi connectivity index (χ0n) is 25.8. The van der Waals surface area contributed by atoms with Crippen molar-refractivity contribution in [3.05, 3.63) is 82.0 Å². The van der Waals surface area contributed by atoms with Gasteiger partial charge < -0.3 is 40.7 Å². The minimum absolute atomic E-state index is 0.000477. The number of hydrogen-bond donors (Lipinski definition) is 6. The highest BCUT2D eigenvalue weighted by molar-refractivity contribution is 6.24. The van der Waals surface area contributed by atoms with E-state index in [1.54, 1.807) is 6.07 Å². The topological polar surface area (TPSA) is 243 Å². The number of rotatable bonds is 6. The predicted octanol–water partition coefficient (Wildman–Crippen LogP) is 1.66. The summed E-state index contributed by atoms with van der Waals surface area (Å²) in [5.74, 6) is -9.15. The number of ether oxygens (including phenoxy) is 1. The van der Waals surface area contributed by atoms with Crippen LogP contribution in [0.2, 0.25) is 0 Å². The first-order valence-corrected chi connectivity index (χ1v) is 14.7. The van der Waals surface area contributed by atoms with Crippen LogP contribution in [-0.4, -0.2) is 92.7 Å². The van der Waals surface area contributed by atoms with Crippen molar-refractivity contribution in [1.29, 1.82) is 0 Å². The van der Waals surface area contributed by atoms with Gasteiger partial charge in [0.25, 0.3) is 11.8 Å². The second kappa shape index (κ2) is 11.5. The molecular formula is C33H30N4O11. The lowest BCUT2D eigenvalue weighted by Crippen LogP contribution is -2.65. The molecule has 3 aliphatic rings. The smallest absolute Gasteiger partial charge is 0.337 e. The number of carbonyl (C=O) groups excluding carboxylic acids is 5. The zero-order chi connectivity index (χ0) is 34.8. The number of aromatic nitrogens is 1. The molecule has 0 aliphatic heterocycles. The molecule has 0 radical (unpaired) electrons. The van der Waals surface area contributed by atoms with Gasteiger partial charge in [-0.05, 0) is 73.8 Å². The molecule has 3 aromatic rings. The van der Waals surface area contributed by atoms with Crippen LogP contribution in [0.15, 0.2) is 64.0 Å². The summed E-state index contributed by atoms with van der Waals surface area (Å²) in [5, 5.41) is 51.6. The van der Waals surface area contributed by atoms with Crippen LogP contribution in [0, 0.1) is 11.8 Å². The normalized spacial score (nSPS) is 23.4. The molecule has 15 nitrogen and oxygen atoms in total. The Morgan fingerprint density at radius 3 is 2.46 bits per heavy atom. The Bertz CT molecular complexity index is 2000. The number of likely N-dealkylation sites (N-methyl/N-ethyl adjacent to an activating group) is 1. The Balaban J connectivity index is 1.51. The number of amides is 2. The minimum atomic E-state index is -2.77. The van der Waals surface area contributed by atoms with Crippen molar-refractivity contribution < 1.29 is 53.7 Å². The van der Waals surface area contributed by atoms with Crippen molar-refractivity contribution in [2.45, 2.75) is 24.5 Å². The van der Waals surface area contributed by atoms with E-state index in [0.29, 0.717) is 16.7 Å². The third-order valence-electron chi connectivity index (χ3n) is 9.19. The molecule has 0 spiro atoms. The van der Waals surface area contributed by atoms with Crippen molar-refractivity contribution in [3.63, 3.8) is 0 Å². The van der Waals surface area contributed by atoms with Crippen molar-refractivity contribution in [3.8, 4) is 16.9 Å². The average molecular weight is 659 g/mol. The minimum Gasteiger partial charge on any atom is -0.508 e. The van der Waals surface area contributed by atoms with E-state index >= 15 is 0 Å². The van der Waals surface area contributed by atoms with E-state index in [-0.39, 0.29) is 41.0 Å². The molecule has 7 N–H and O–H groups in total. The third-order valence-corrected chi connectivity index (χ3v) is 9.19. The van der Waals surface area contributed by atoms with Gasteiger partial charge in [-0.25, -0.2) is 4.79 Å². The molecule has 248 valence electrons. The number of aromatic hydroxyl groups is 1. The van der Waals surface area contributed by atoms with Crippen LogP contribution in [0.25, 0.3) is 16.9 Å². The van der Waals surface area contributed by atoms with E-state index in [4.69, 9.17) is 15.0 Å². The molecule has 2 amide bonds. The number of methoxy groups -OCH3 is 1. The van der Waals surface area contributed by atoms with Crippen molar-refractivity contribution in [2.24, 2.45) is 17.6 Å². The summed E-state index contributed by atoms with van der Waals surface area (Å²) in [7, 11) is 4.21. The standard InChI is InChI=1S/C33H30N4O11/c1-37(2)25-19-12-14-11-18-17(13-8-15(32(45)47-3)10-16(9-13)36-31(44)21-6-7-35-48-21)4-5-20(38)23(18)26(39)22(14)28(41)33(19,46)29(42)24(27(25)40)30(34)43/h4-10,14,19,25,38-39,42,46H,11-12H2,1-3H3,(H2,34,43)(H,36,44)/t14-,19-,25?,33-/m0/s1. The second-order valence-corrected chi connectivity index (χ2v) is 12.1. The Hall–Kier alpha value is -5.80. The maximum absolute atomic E-state index is 14.1. The summed E-state index contributed by atoms with van der Waals surface area (Å²) in [5.41, 5.74) is 2.61. The predicted molar refractivity (Wildman–Crippen MR) is 165 cm³/mol. The van der Waals surface area contributed by atoms with Gasteiger partial charge in [0, 0.05) is 23.2 Å². The van der Waals surface area contributed by atoms with Gasteiger partial charge in [-0.2, -0.15) is 0 Å². The van der Waals surface area contributed by atoms with Gasteiger partial charge in [0.15, 0.2) is 11.4 Å². The number of nitrogens with zero attached hydrogens (tertiary/aromatic N) is 2. The molecule has 1 fully saturated rings. The lowest BCUT2D eigenvalue weighted by Gasteiger charge is -2.50. The fraction of sp³-hybridized carbons (Fsp3) is 0.273. The van der Waals surface area contributed by atoms with Crippen LogP contribution in [-0.2, 0) is 25.5 Å². The Kier molecular flexibility index (Phi) is 7.68. The van der Waals surface area contributed by atoms with Gasteiger partial charge in [0.05, 0.1) is 30.5 Å². The number of aliphatic hydroxyl groups is 3. The molecular weight excluding hydrogens is 628 g/mol. The summed E-state index contributed by atoms with van der Waals surface area (Å²) in [6.07, 6.45) is 1.18. The number of aliphatic hydroxyl groups excluding tert-OH is 2. The first-order valence-electron chi connectivity index (χ1n) is 14.7. The number of phenols is 1. The van der Waals surface area contributed by atoms with Crippen LogP contribution in [0.5, 0.6) is 5.75 Å². The third kappa shape index (κ3) is 4.74. The van der Waals surface area contributed by atoms with E-state index in [1.165, 1.54) is 62.6 Å². The number of primary amides is 1. The van der Waals surface area contributed by atoms with Gasteiger partial charge in [-0.3, -0.25) is 24.1 Å². The van der Waals surface area contributed by atoms with E-state index in [9.17, 15) is 44.4 Å². The van der Waals surface area contributed by atoms with E-state index in [1.807, 2.05) is 0 Å². The summed E-state index contributed by atoms with van der Waals surface area (Å²) in [6, 6.07) is 7.32. The van der Waals surface area contributed by atoms with E-state index < -0.39 is 75.7 Å². The Morgan fingerprint density at radius 2 is 1.83 bits per heavy atom. The number of hydrogen-bond acceptors (Lipinski definition) is 13. The van der Waals surface area contributed by atoms with Gasteiger partial charge in [0.2, 0.25) is 11.5 Å². The number of carbonyl (C=O) groups is 5. The number of phenolic OH excluding ortho intramolecular Hbond substituents is 1. The summed E-state index contributed by atoms with van der Waals surface area (Å²) in [6.45, 7) is 0. The quantitative estimate of drug-likeness (QED) is 0.163. The molecule has 1 saturated carbocycles. The highest BCUT2D eigenvalue weighted by atomic mass is 16.5. The van der Waals surface area contributed by atoms with Crippen molar-refractivity contribution in [1.82, 2.24) is 10.1 Å². The lowest BCUT2D eigenvalue weighted by molar-refractivity contribution is -0.153. The van der Waals surface area contributed by atoms with Gasteiger partial charge in [0.1, 0.15) is 22.8 Å². The first-order chi connectivity index (χ1) is 22.7. The maximum Gasteiger partial charge on any atom is 0.337 e. The van der Waals surface area contributed by atoms with Crippen LogP contribution in [0.1, 0.15) is 38.5 Å². The molecule has 15 heteroatoms. The van der Waals surface area contributed by atoms with Crippen molar-refractivity contribution in [2.75, 3.05) is 26.5 Å². The number of nitrogens with two attached hydrogens (primary N) is 1. The van der Waals surface area contributed by atoms with Crippen LogP contribution in [0.4, 0.5) is 5.69 Å². The zero-order valence-corrected chi connectivity index (χ0v) is 25.8. The fourth-order valence-electron chi connectivity index (χ4n) is 7.13. The van der Waals surface area contributed by atoms with Crippen LogP contribution in [0.3, 0.4) is 0 Å². The monoisotopic (exact) mass is 658 g/mol. The second-order valence-electron chi connectivity index (χ2n) is 12.1. The molecule has 6 rings (SSSR count). The lowest BCUT2D eigenvalue weighted by atomic mass is 9.57. The molecule has 1 unspecified atom stereocenters. The SMILES string of the molecule is COC(=O)c1cc(NC(=O)c2ccno2)cc(-c2ccc(O)c3c2C[C@H]2C[C@H]4C(N(C)C)C(=O)C(C(N)=O)=C(O)[C@@]4(O)C(=O)C2=C3O)c1. The number of esters is 1. The molecule has 0 bridgehead atoms. The summed E-state index contributed by atoms with van der Waals surface area (Å²) >= 11 is 0. The molecule has 4 atom stereocenters. The Labute approximate surface area is 271 Å². The van der Waals surface area contributed by atoms with E-state index in [0.717, 1.165) is 0 Å². The molecule has 1 heterocycles. The highest BCUT2D eigenvalue weighted by Gasteiger charge is 2.64. The molecule has 48 heavy (non-hydrogen) atoms. The molecule has 2 aromatic carbocycles. The van der Waals surface area contributed by atoms with E-state index in [2.05, 4.69) is 10.5 Å². The number of fused-ring (bicyclic) bond motifs is 3. The fourth-order valence-corrected chi connectivity index (χ4v) is 7.13. The molecule has 1 aromatic heterocycles. The summed E-state index contributed by atoms with van der Waals surface area (Å²) < 4.78 is 9.82. The van der Waals surface area contributed by atoms with Crippen LogP contribution < -0.4 is 11.1 Å². The Morgan fingerprint density at radius 1 is 1.10 bits per heavy atom.